The molecule has 202 valence electrons. The minimum absolute atomic E-state index is 0.108. The molecule has 8 nitrogen and oxygen atoms in total. The highest BCUT2D eigenvalue weighted by Crippen LogP contribution is 2.26. The number of carbonyl (C=O) groups is 3. The molecule has 0 atom stereocenters. The molecule has 0 bridgehead atoms. The fraction of sp³-hybridized carbons (Fsp3) is 0.433. The number of esters is 1. The predicted octanol–water partition coefficient (Wildman–Crippen LogP) is 4.69. The molecule has 1 aliphatic rings. The molecule has 0 unspecified atom stereocenters. The summed E-state index contributed by atoms with van der Waals surface area (Å²) in [6, 6.07) is 17.9. The van der Waals surface area contributed by atoms with Crippen molar-refractivity contribution in [2.75, 3.05) is 26.2 Å². The largest absolute Gasteiger partial charge is 0.466 e. The van der Waals surface area contributed by atoms with Crippen molar-refractivity contribution in [3.63, 3.8) is 0 Å². The van der Waals surface area contributed by atoms with Gasteiger partial charge in [0.05, 0.1) is 19.4 Å². The van der Waals surface area contributed by atoms with E-state index in [9.17, 15) is 14.4 Å². The molecule has 1 N–H and O–H groups in total. The Balaban J connectivity index is 1.25. The first-order valence-corrected chi connectivity index (χ1v) is 13.5. The summed E-state index contributed by atoms with van der Waals surface area (Å²) in [5.41, 5.74) is 3.08. The van der Waals surface area contributed by atoms with E-state index in [1.54, 1.807) is 6.92 Å². The number of piperidine rings is 1. The number of hydrogen-bond donors (Lipinski definition) is 1. The molecule has 38 heavy (non-hydrogen) atoms. The number of aromatic nitrogens is 1. The number of hydrogen-bond acceptors (Lipinski definition) is 5. The van der Waals surface area contributed by atoms with E-state index >= 15 is 0 Å². The summed E-state index contributed by atoms with van der Waals surface area (Å²) in [6.07, 6.45) is 5.19. The number of nitrogens with one attached hydrogen (secondary N) is 1. The van der Waals surface area contributed by atoms with Crippen LogP contribution in [0.2, 0.25) is 0 Å². The van der Waals surface area contributed by atoms with Crippen LogP contribution in [0.1, 0.15) is 43.7 Å². The maximum Gasteiger partial charge on any atom is 0.410 e. The fourth-order valence-electron chi connectivity index (χ4n) is 4.96. The van der Waals surface area contributed by atoms with Crippen molar-refractivity contribution in [1.82, 2.24) is 14.8 Å². The SMILES string of the molecule is CCOC(=O)CCNC(=O)Cc1cn(CCC2CCN(C(=O)OCc3ccccc3)CC2)c2ccccc12. The van der Waals surface area contributed by atoms with Gasteiger partial charge in [-0.15, -0.1) is 0 Å². The zero-order chi connectivity index (χ0) is 26.7. The summed E-state index contributed by atoms with van der Waals surface area (Å²) in [4.78, 5) is 38.3. The number of aryl methyl sites for hydroxylation is 1. The summed E-state index contributed by atoms with van der Waals surface area (Å²) in [5, 5.41) is 3.89. The maximum absolute atomic E-state index is 12.5. The Morgan fingerprint density at radius 2 is 1.71 bits per heavy atom. The molecule has 2 amide bonds. The third-order valence-electron chi connectivity index (χ3n) is 7.03. The molecule has 1 aliphatic heterocycles. The lowest BCUT2D eigenvalue weighted by molar-refractivity contribution is -0.143. The zero-order valence-electron chi connectivity index (χ0n) is 22.1. The van der Waals surface area contributed by atoms with Crippen LogP contribution in [-0.4, -0.2) is 53.7 Å². The van der Waals surface area contributed by atoms with Gasteiger partial charge in [-0.05, 0) is 49.3 Å². The highest BCUT2D eigenvalue weighted by molar-refractivity contribution is 5.89. The Morgan fingerprint density at radius 1 is 0.974 bits per heavy atom. The Hall–Kier alpha value is -3.81. The minimum Gasteiger partial charge on any atom is -0.466 e. The van der Waals surface area contributed by atoms with E-state index in [-0.39, 0.29) is 37.4 Å². The van der Waals surface area contributed by atoms with Gasteiger partial charge >= 0.3 is 12.1 Å². The number of para-hydroxylation sites is 1. The molecular weight excluding hydrogens is 482 g/mol. The summed E-state index contributed by atoms with van der Waals surface area (Å²) in [6.45, 7) is 4.95. The van der Waals surface area contributed by atoms with Crippen LogP contribution in [0.15, 0.2) is 60.8 Å². The van der Waals surface area contributed by atoms with Gasteiger partial charge in [-0.25, -0.2) is 4.79 Å². The molecule has 1 fully saturated rings. The first-order valence-electron chi connectivity index (χ1n) is 13.5. The number of carbonyl (C=O) groups excluding carboxylic acids is 3. The van der Waals surface area contributed by atoms with Crippen molar-refractivity contribution >= 4 is 28.9 Å². The summed E-state index contributed by atoms with van der Waals surface area (Å²) >= 11 is 0. The number of rotatable bonds is 11. The van der Waals surface area contributed by atoms with E-state index in [2.05, 4.69) is 22.1 Å². The highest BCUT2D eigenvalue weighted by Gasteiger charge is 2.24. The van der Waals surface area contributed by atoms with Crippen LogP contribution in [0.25, 0.3) is 10.9 Å². The van der Waals surface area contributed by atoms with Gasteiger partial charge in [0.25, 0.3) is 0 Å². The molecule has 1 saturated heterocycles. The van der Waals surface area contributed by atoms with E-state index in [0.29, 0.717) is 32.2 Å². The van der Waals surface area contributed by atoms with Crippen LogP contribution in [0, 0.1) is 5.92 Å². The molecular formula is C30H37N3O5. The van der Waals surface area contributed by atoms with Crippen LogP contribution in [0.4, 0.5) is 4.79 Å². The summed E-state index contributed by atoms with van der Waals surface area (Å²) < 4.78 is 12.6. The van der Waals surface area contributed by atoms with Gasteiger partial charge in [0.2, 0.25) is 5.91 Å². The number of ether oxygens (including phenoxy) is 2. The van der Waals surface area contributed by atoms with Crippen LogP contribution in [0.3, 0.4) is 0 Å². The van der Waals surface area contributed by atoms with Crippen LogP contribution < -0.4 is 5.32 Å². The van der Waals surface area contributed by atoms with Crippen molar-refractivity contribution in [2.45, 2.75) is 52.2 Å². The highest BCUT2D eigenvalue weighted by atomic mass is 16.6. The topological polar surface area (TPSA) is 89.9 Å². The van der Waals surface area contributed by atoms with Crippen molar-refractivity contribution in [2.24, 2.45) is 5.92 Å². The zero-order valence-corrected chi connectivity index (χ0v) is 22.1. The van der Waals surface area contributed by atoms with Gasteiger partial charge in [0, 0.05) is 43.3 Å². The molecule has 0 spiro atoms. The lowest BCUT2D eigenvalue weighted by Gasteiger charge is -2.31. The number of amides is 2. The number of likely N-dealkylation sites (tertiary alicyclic amines) is 1. The molecule has 2 heterocycles. The smallest absolute Gasteiger partial charge is 0.410 e. The Bertz CT molecular complexity index is 1220. The lowest BCUT2D eigenvalue weighted by Crippen LogP contribution is -2.38. The average Bonchev–Trinajstić information content (AvgIpc) is 3.28. The Morgan fingerprint density at radius 3 is 2.47 bits per heavy atom. The third kappa shape index (κ3) is 7.60. The van der Waals surface area contributed by atoms with Gasteiger partial charge in [-0.3, -0.25) is 9.59 Å². The first kappa shape index (κ1) is 27.2. The second kappa shape index (κ2) is 13.7. The molecule has 0 saturated carbocycles. The standard InChI is InChI=1S/C30H37N3O5/c1-2-37-29(35)12-16-31-28(34)20-25-21-33(27-11-7-6-10-26(25)27)19-15-23-13-17-32(18-14-23)30(36)38-22-24-8-4-3-5-9-24/h3-11,21,23H,2,12-20,22H2,1H3,(H,31,34). The molecule has 4 rings (SSSR count). The first-order chi connectivity index (χ1) is 18.5. The average molecular weight is 520 g/mol. The Labute approximate surface area is 223 Å². The van der Waals surface area contributed by atoms with Crippen LogP contribution in [-0.2, 0) is 38.6 Å². The van der Waals surface area contributed by atoms with E-state index < -0.39 is 0 Å². The van der Waals surface area contributed by atoms with Crippen molar-refractivity contribution in [3.05, 3.63) is 71.9 Å². The second-order valence-corrected chi connectivity index (χ2v) is 9.71. The monoisotopic (exact) mass is 519 g/mol. The minimum atomic E-state index is -0.306. The molecule has 0 radical (unpaired) electrons. The fourth-order valence-corrected chi connectivity index (χ4v) is 4.96. The number of benzene rings is 2. The van der Waals surface area contributed by atoms with Gasteiger partial charge < -0.3 is 24.3 Å². The van der Waals surface area contributed by atoms with Crippen LogP contribution in [0.5, 0.6) is 0 Å². The summed E-state index contributed by atoms with van der Waals surface area (Å²) in [5.74, 6) is 0.118. The normalized spacial score (nSPS) is 13.9. The summed E-state index contributed by atoms with van der Waals surface area (Å²) in [7, 11) is 0. The van der Waals surface area contributed by atoms with E-state index in [4.69, 9.17) is 9.47 Å². The van der Waals surface area contributed by atoms with Gasteiger partial charge in [-0.2, -0.15) is 0 Å². The molecule has 0 aliphatic carbocycles. The van der Waals surface area contributed by atoms with Crippen molar-refractivity contribution in [3.8, 4) is 0 Å². The van der Waals surface area contributed by atoms with Crippen molar-refractivity contribution < 1.29 is 23.9 Å². The van der Waals surface area contributed by atoms with Crippen molar-refractivity contribution in [1.29, 1.82) is 0 Å². The second-order valence-electron chi connectivity index (χ2n) is 9.71. The lowest BCUT2D eigenvalue weighted by atomic mass is 9.94. The van der Waals surface area contributed by atoms with E-state index in [1.165, 1.54) is 0 Å². The maximum atomic E-state index is 12.5. The number of nitrogens with zero attached hydrogens (tertiary/aromatic N) is 2. The molecule has 1 aromatic heterocycles. The predicted molar refractivity (Wildman–Crippen MR) is 145 cm³/mol. The van der Waals surface area contributed by atoms with Gasteiger partial charge in [0.15, 0.2) is 0 Å². The molecule has 3 aromatic rings. The van der Waals surface area contributed by atoms with Gasteiger partial charge in [-0.1, -0.05) is 48.5 Å². The van der Waals surface area contributed by atoms with E-state index in [1.807, 2.05) is 53.4 Å². The third-order valence-corrected chi connectivity index (χ3v) is 7.03. The van der Waals surface area contributed by atoms with Crippen LogP contribution >= 0.6 is 0 Å². The quantitative estimate of drug-likeness (QED) is 0.371. The van der Waals surface area contributed by atoms with E-state index in [0.717, 1.165) is 47.8 Å². The molecule has 2 aromatic carbocycles. The number of fused-ring (bicyclic) bond motifs is 1. The molecule has 8 heteroatoms. The van der Waals surface area contributed by atoms with Gasteiger partial charge in [0.1, 0.15) is 6.61 Å². The Kier molecular flexibility index (Phi) is 9.78.